The summed E-state index contributed by atoms with van der Waals surface area (Å²) in [5.41, 5.74) is 2.78. The van der Waals surface area contributed by atoms with Crippen molar-refractivity contribution in [1.29, 1.82) is 5.26 Å². The summed E-state index contributed by atoms with van der Waals surface area (Å²) in [7, 11) is 0. The number of benzene rings is 2. The lowest BCUT2D eigenvalue weighted by molar-refractivity contribution is -0.156. The smallest absolute Gasteiger partial charge is 0.310 e. The molecule has 2 aromatic carbocycles. The molecule has 178 valence electrons. The second kappa shape index (κ2) is 9.63. The molecule has 2 heterocycles. The van der Waals surface area contributed by atoms with Gasteiger partial charge in [0.15, 0.2) is 6.61 Å². The molecule has 2 aliphatic rings. The molecule has 2 atom stereocenters. The Kier molecular flexibility index (Phi) is 6.23. The Morgan fingerprint density at radius 2 is 1.80 bits per heavy atom. The monoisotopic (exact) mass is 471 g/mol. The first-order valence-electron chi connectivity index (χ1n) is 11.8. The van der Waals surface area contributed by atoms with E-state index >= 15 is 0 Å². The van der Waals surface area contributed by atoms with Crippen molar-refractivity contribution in [2.45, 2.75) is 32.1 Å². The highest BCUT2D eigenvalue weighted by molar-refractivity contribution is 6.04. The molecule has 1 aliphatic carbocycles. The van der Waals surface area contributed by atoms with Crippen molar-refractivity contribution in [2.24, 2.45) is 11.8 Å². The third-order valence-electron chi connectivity index (χ3n) is 6.85. The Balaban J connectivity index is 1.24. The van der Waals surface area contributed by atoms with Crippen molar-refractivity contribution < 1.29 is 23.5 Å². The van der Waals surface area contributed by atoms with Crippen LogP contribution in [0.15, 0.2) is 52.9 Å². The zero-order chi connectivity index (χ0) is 24.4. The third kappa shape index (κ3) is 4.37. The zero-order valence-electron chi connectivity index (χ0n) is 19.2. The van der Waals surface area contributed by atoms with Crippen LogP contribution < -0.4 is 10.2 Å². The van der Waals surface area contributed by atoms with Gasteiger partial charge in [-0.2, -0.15) is 5.26 Å². The average molecular weight is 472 g/mol. The van der Waals surface area contributed by atoms with Crippen LogP contribution in [0.4, 0.5) is 11.4 Å². The normalized spacial score (nSPS) is 19.1. The Morgan fingerprint density at radius 3 is 2.63 bits per heavy atom. The molecule has 0 spiro atoms. The van der Waals surface area contributed by atoms with Gasteiger partial charge in [0.1, 0.15) is 17.3 Å². The van der Waals surface area contributed by atoms with Gasteiger partial charge in [-0.3, -0.25) is 14.4 Å². The zero-order valence-corrected chi connectivity index (χ0v) is 19.2. The minimum Gasteiger partial charge on any atom is -0.455 e. The lowest BCUT2D eigenvalue weighted by atomic mass is 9.78. The average Bonchev–Trinajstić information content (AvgIpc) is 3.48. The number of hydrogen-bond acceptors (Lipinski definition) is 6. The van der Waals surface area contributed by atoms with Gasteiger partial charge in [0.05, 0.1) is 11.8 Å². The molecule has 0 radical (unpaired) electrons. The number of carbonyl (C=O) groups excluding carboxylic acids is 3. The number of esters is 1. The van der Waals surface area contributed by atoms with Crippen molar-refractivity contribution in [3.05, 3.63) is 59.9 Å². The Morgan fingerprint density at radius 1 is 1.06 bits per heavy atom. The van der Waals surface area contributed by atoms with E-state index in [0.29, 0.717) is 30.4 Å². The third-order valence-corrected chi connectivity index (χ3v) is 6.85. The van der Waals surface area contributed by atoms with Crippen LogP contribution in [0.2, 0.25) is 0 Å². The molecule has 5 rings (SSSR count). The summed E-state index contributed by atoms with van der Waals surface area (Å²) in [5.74, 6) is -2.23. The van der Waals surface area contributed by atoms with E-state index in [9.17, 15) is 19.6 Å². The molecule has 8 heteroatoms. The van der Waals surface area contributed by atoms with E-state index in [4.69, 9.17) is 9.15 Å². The molecule has 3 aromatic rings. The Bertz CT molecular complexity index is 1340. The van der Waals surface area contributed by atoms with Gasteiger partial charge < -0.3 is 19.4 Å². The number of anilines is 2. The van der Waals surface area contributed by atoms with E-state index in [1.54, 1.807) is 29.2 Å². The van der Waals surface area contributed by atoms with E-state index in [-0.39, 0.29) is 17.4 Å². The van der Waals surface area contributed by atoms with E-state index < -0.39 is 30.3 Å². The van der Waals surface area contributed by atoms with Gasteiger partial charge in [-0.05, 0) is 43.0 Å². The van der Waals surface area contributed by atoms with Crippen LogP contribution in [0.3, 0.4) is 0 Å². The van der Waals surface area contributed by atoms with Crippen LogP contribution >= 0.6 is 0 Å². The summed E-state index contributed by atoms with van der Waals surface area (Å²) in [6, 6.07) is 16.7. The van der Waals surface area contributed by atoms with Gasteiger partial charge in [-0.25, -0.2) is 0 Å². The number of nitrogens with one attached hydrogen (secondary N) is 1. The predicted octanol–water partition coefficient (Wildman–Crippen LogP) is 4.18. The van der Waals surface area contributed by atoms with Crippen molar-refractivity contribution in [2.75, 3.05) is 23.4 Å². The van der Waals surface area contributed by atoms with Gasteiger partial charge >= 0.3 is 5.97 Å². The van der Waals surface area contributed by atoms with Crippen LogP contribution in [0, 0.1) is 23.2 Å². The Hall–Kier alpha value is -4.12. The molecule has 1 fully saturated rings. The fraction of sp³-hybridized carbons (Fsp3) is 0.333. The van der Waals surface area contributed by atoms with Gasteiger partial charge in [-0.1, -0.05) is 43.2 Å². The highest BCUT2D eigenvalue weighted by atomic mass is 16.5. The molecule has 1 aliphatic heterocycles. The summed E-state index contributed by atoms with van der Waals surface area (Å²) in [6.45, 7) is 0.103. The highest BCUT2D eigenvalue weighted by Crippen LogP contribution is 2.36. The molecule has 1 N–H and O–H groups in total. The number of fused-ring (bicyclic) bond motifs is 2. The maximum absolute atomic E-state index is 13.4. The van der Waals surface area contributed by atoms with E-state index in [0.717, 1.165) is 30.5 Å². The van der Waals surface area contributed by atoms with Crippen LogP contribution in [-0.2, 0) is 25.5 Å². The number of hydrogen-bond donors (Lipinski definition) is 1. The molecular weight excluding hydrogens is 446 g/mol. The fourth-order valence-corrected chi connectivity index (χ4v) is 5.14. The SMILES string of the molecule is N#Cc1oc2ccccc2c1NC(=O)COC(=O)C1CCCCC1C(=O)N1CCc2ccccc21. The minimum atomic E-state index is -0.582. The number of para-hydroxylation sites is 2. The predicted molar refractivity (Wildman–Crippen MR) is 128 cm³/mol. The van der Waals surface area contributed by atoms with Crippen molar-refractivity contribution in [3.8, 4) is 6.07 Å². The maximum Gasteiger partial charge on any atom is 0.310 e. The van der Waals surface area contributed by atoms with Crippen molar-refractivity contribution in [1.82, 2.24) is 0 Å². The summed E-state index contributed by atoms with van der Waals surface area (Å²) in [5, 5.41) is 12.6. The second-order valence-electron chi connectivity index (χ2n) is 8.94. The first-order valence-corrected chi connectivity index (χ1v) is 11.8. The van der Waals surface area contributed by atoms with E-state index in [2.05, 4.69) is 5.32 Å². The number of rotatable bonds is 5. The number of ether oxygens (including phenoxy) is 1. The fourth-order valence-electron chi connectivity index (χ4n) is 5.14. The van der Waals surface area contributed by atoms with Gasteiger partial charge in [0.25, 0.3) is 5.91 Å². The van der Waals surface area contributed by atoms with Crippen LogP contribution in [0.25, 0.3) is 11.0 Å². The summed E-state index contributed by atoms with van der Waals surface area (Å²) >= 11 is 0. The van der Waals surface area contributed by atoms with Crippen LogP contribution in [-0.4, -0.2) is 30.9 Å². The van der Waals surface area contributed by atoms with Gasteiger partial charge in [0, 0.05) is 17.6 Å². The number of carbonyl (C=O) groups is 3. The largest absolute Gasteiger partial charge is 0.455 e. The first kappa shape index (κ1) is 22.7. The second-order valence-corrected chi connectivity index (χ2v) is 8.94. The topological polar surface area (TPSA) is 113 Å². The Labute approximate surface area is 202 Å². The molecule has 2 unspecified atom stereocenters. The number of nitrogens with zero attached hydrogens (tertiary/aromatic N) is 2. The summed E-state index contributed by atoms with van der Waals surface area (Å²) < 4.78 is 10.8. The molecule has 8 nitrogen and oxygen atoms in total. The summed E-state index contributed by atoms with van der Waals surface area (Å²) in [6.07, 6.45) is 3.68. The lowest BCUT2D eigenvalue weighted by Crippen LogP contribution is -2.42. The standard InChI is InChI=1S/C27H25N3O5/c28-15-23-25(20-10-4-6-12-22(20)35-23)29-24(31)16-34-27(33)19-9-3-2-8-18(19)26(32)30-14-13-17-7-1-5-11-21(17)30/h1,4-7,10-12,18-19H,2-3,8-9,13-14,16H2,(H,29,31). The number of nitriles is 1. The van der Waals surface area contributed by atoms with Gasteiger partial charge in [0.2, 0.25) is 11.7 Å². The summed E-state index contributed by atoms with van der Waals surface area (Å²) in [4.78, 5) is 40.7. The van der Waals surface area contributed by atoms with Crippen LogP contribution in [0.1, 0.15) is 37.0 Å². The minimum absolute atomic E-state index is 0.0188. The maximum atomic E-state index is 13.4. The van der Waals surface area contributed by atoms with E-state index in [1.165, 1.54) is 0 Å². The molecule has 2 amide bonds. The van der Waals surface area contributed by atoms with Crippen molar-refractivity contribution in [3.63, 3.8) is 0 Å². The van der Waals surface area contributed by atoms with Crippen molar-refractivity contribution >= 4 is 40.1 Å². The van der Waals surface area contributed by atoms with E-state index in [1.807, 2.05) is 30.3 Å². The quantitative estimate of drug-likeness (QED) is 0.559. The van der Waals surface area contributed by atoms with Crippen LogP contribution in [0.5, 0.6) is 0 Å². The highest BCUT2D eigenvalue weighted by Gasteiger charge is 2.40. The molecule has 0 saturated heterocycles. The number of amides is 2. The molecular formula is C27H25N3O5. The molecule has 1 aromatic heterocycles. The lowest BCUT2D eigenvalue weighted by Gasteiger charge is -2.32. The van der Waals surface area contributed by atoms with Gasteiger partial charge in [-0.15, -0.1) is 0 Å². The number of furan rings is 1. The molecule has 0 bridgehead atoms. The molecule has 35 heavy (non-hydrogen) atoms. The first-order chi connectivity index (χ1) is 17.1. The molecule has 1 saturated carbocycles.